The van der Waals surface area contributed by atoms with Crippen molar-refractivity contribution >= 4 is 5.69 Å². The topological polar surface area (TPSA) is 35.2 Å². The maximum atomic E-state index is 14.1. The zero-order chi connectivity index (χ0) is 17.1. The Morgan fingerprint density at radius 3 is 2.17 bits per heavy atom. The summed E-state index contributed by atoms with van der Waals surface area (Å²) in [6, 6.07) is 5.30. The molecule has 2 aromatic rings. The number of hydrogen-bond donors (Lipinski definition) is 1. The van der Waals surface area contributed by atoms with Gasteiger partial charge in [-0.1, -0.05) is 19.1 Å². The van der Waals surface area contributed by atoms with Crippen LogP contribution in [-0.2, 0) is 24.4 Å². The van der Waals surface area contributed by atoms with Crippen LogP contribution in [0.5, 0.6) is 0 Å². The molecule has 2 aromatic carbocycles. The number of nitrogens with two attached hydrogens (primary N) is 1. The van der Waals surface area contributed by atoms with E-state index in [1.807, 2.05) is 13.0 Å². The summed E-state index contributed by atoms with van der Waals surface area (Å²) in [7, 11) is 0. The largest absolute Gasteiger partial charge is 0.398 e. The molecule has 0 saturated carbocycles. The lowest BCUT2D eigenvalue weighted by Crippen LogP contribution is -2.10. The number of ether oxygens (including phenoxy) is 1. The molecule has 2 rings (SSSR count). The van der Waals surface area contributed by atoms with E-state index in [1.54, 1.807) is 12.1 Å². The van der Waals surface area contributed by atoms with Gasteiger partial charge in [-0.2, -0.15) is 0 Å². The zero-order valence-corrected chi connectivity index (χ0v) is 12.9. The van der Waals surface area contributed by atoms with Crippen LogP contribution in [0.3, 0.4) is 0 Å². The summed E-state index contributed by atoms with van der Waals surface area (Å²) in [6.07, 6.45) is -0.0905. The van der Waals surface area contributed by atoms with E-state index in [2.05, 4.69) is 0 Å². The van der Waals surface area contributed by atoms with Crippen LogP contribution >= 0.6 is 0 Å². The number of halogens is 4. The van der Waals surface area contributed by atoms with Gasteiger partial charge in [-0.3, -0.25) is 0 Å². The molecule has 0 fully saturated rings. The molecule has 0 aromatic heterocycles. The van der Waals surface area contributed by atoms with Crippen molar-refractivity contribution in [3.63, 3.8) is 0 Å². The molecule has 0 spiro atoms. The molecule has 6 heteroatoms. The second-order valence-corrected chi connectivity index (χ2v) is 5.26. The van der Waals surface area contributed by atoms with Crippen LogP contribution in [-0.4, -0.2) is 0 Å². The lowest BCUT2D eigenvalue weighted by Gasteiger charge is -2.12. The lowest BCUT2D eigenvalue weighted by molar-refractivity contribution is 0.101. The third-order valence-corrected chi connectivity index (χ3v) is 3.60. The number of nitrogen functional groups attached to an aromatic ring is 1. The van der Waals surface area contributed by atoms with E-state index in [0.717, 1.165) is 5.56 Å². The second kappa shape index (κ2) is 7.00. The zero-order valence-electron chi connectivity index (χ0n) is 12.9. The van der Waals surface area contributed by atoms with E-state index in [1.165, 1.54) is 6.92 Å². The molecule has 0 aliphatic carbocycles. The van der Waals surface area contributed by atoms with Gasteiger partial charge in [-0.25, -0.2) is 17.6 Å². The number of anilines is 1. The molecule has 0 saturated heterocycles. The quantitative estimate of drug-likeness (QED) is 0.382. The van der Waals surface area contributed by atoms with E-state index in [0.29, 0.717) is 11.3 Å². The Labute approximate surface area is 131 Å². The third kappa shape index (κ3) is 3.47. The molecule has 0 atom stereocenters. The second-order valence-electron chi connectivity index (χ2n) is 5.26. The van der Waals surface area contributed by atoms with Gasteiger partial charge < -0.3 is 10.5 Å². The van der Waals surface area contributed by atoms with E-state index in [9.17, 15) is 17.6 Å². The first-order valence-corrected chi connectivity index (χ1v) is 7.13. The van der Waals surface area contributed by atoms with Crippen LogP contribution in [0.4, 0.5) is 23.2 Å². The molecule has 2 N–H and O–H groups in total. The Morgan fingerprint density at radius 2 is 1.57 bits per heavy atom. The van der Waals surface area contributed by atoms with Gasteiger partial charge in [0.1, 0.15) is 5.82 Å². The van der Waals surface area contributed by atoms with Crippen molar-refractivity contribution in [2.45, 2.75) is 33.5 Å². The van der Waals surface area contributed by atoms with Crippen LogP contribution in [0.1, 0.15) is 29.2 Å². The van der Waals surface area contributed by atoms with Gasteiger partial charge in [0, 0.05) is 16.8 Å². The first-order chi connectivity index (χ1) is 10.9. The molecule has 0 amide bonds. The van der Waals surface area contributed by atoms with Crippen molar-refractivity contribution in [1.82, 2.24) is 0 Å². The Hall–Kier alpha value is -2.08. The normalized spacial score (nSPS) is 11.0. The molecular weight excluding hydrogens is 310 g/mol. The Morgan fingerprint density at radius 1 is 0.913 bits per heavy atom. The summed E-state index contributed by atoms with van der Waals surface area (Å²) in [4.78, 5) is 0. The Bertz CT molecular complexity index is 731. The first-order valence-electron chi connectivity index (χ1n) is 7.13. The van der Waals surface area contributed by atoms with Gasteiger partial charge in [0.15, 0.2) is 17.5 Å². The fourth-order valence-electron chi connectivity index (χ4n) is 2.28. The molecule has 0 aliphatic heterocycles. The average Bonchev–Trinajstić information content (AvgIpc) is 2.51. The molecule has 2 nitrogen and oxygen atoms in total. The number of benzene rings is 2. The summed E-state index contributed by atoms with van der Waals surface area (Å²) in [5.74, 6) is -5.85. The van der Waals surface area contributed by atoms with Crippen molar-refractivity contribution in [3.05, 3.63) is 63.7 Å². The van der Waals surface area contributed by atoms with Crippen LogP contribution in [0, 0.1) is 30.2 Å². The van der Waals surface area contributed by atoms with Crippen LogP contribution < -0.4 is 5.73 Å². The van der Waals surface area contributed by atoms with Gasteiger partial charge in [0.2, 0.25) is 0 Å². The van der Waals surface area contributed by atoms with Crippen molar-refractivity contribution < 1.29 is 22.3 Å². The SMILES string of the molecule is CCc1c(F)c(F)c(F)c(COCc2ccc(C)cc2N)c1F. The number of hydrogen-bond acceptors (Lipinski definition) is 2. The summed E-state index contributed by atoms with van der Waals surface area (Å²) in [6.45, 7) is 2.82. The van der Waals surface area contributed by atoms with Gasteiger partial charge in [-0.05, 0) is 25.0 Å². The third-order valence-electron chi connectivity index (χ3n) is 3.60. The molecule has 0 unspecified atom stereocenters. The highest BCUT2D eigenvalue weighted by Gasteiger charge is 2.24. The highest BCUT2D eigenvalue weighted by Crippen LogP contribution is 2.26. The highest BCUT2D eigenvalue weighted by atomic mass is 19.2. The molecule has 0 radical (unpaired) electrons. The summed E-state index contributed by atoms with van der Waals surface area (Å²) in [5, 5.41) is 0. The van der Waals surface area contributed by atoms with Gasteiger partial charge in [0.25, 0.3) is 0 Å². The monoisotopic (exact) mass is 327 g/mol. The lowest BCUT2D eigenvalue weighted by atomic mass is 10.1. The van der Waals surface area contributed by atoms with E-state index in [-0.39, 0.29) is 13.0 Å². The molecule has 124 valence electrons. The number of aryl methyl sites for hydroxylation is 1. The average molecular weight is 327 g/mol. The van der Waals surface area contributed by atoms with Crippen molar-refractivity contribution in [2.24, 2.45) is 0 Å². The minimum atomic E-state index is -1.68. The molecule has 0 heterocycles. The van der Waals surface area contributed by atoms with Crippen molar-refractivity contribution in [2.75, 3.05) is 5.73 Å². The summed E-state index contributed by atoms with van der Waals surface area (Å²) >= 11 is 0. The Kier molecular flexibility index (Phi) is 5.26. The van der Waals surface area contributed by atoms with Gasteiger partial charge in [0.05, 0.1) is 18.8 Å². The Balaban J connectivity index is 2.19. The van der Waals surface area contributed by atoms with E-state index in [4.69, 9.17) is 10.5 Å². The summed E-state index contributed by atoms with van der Waals surface area (Å²) in [5.41, 5.74) is 6.81. The molecule has 23 heavy (non-hydrogen) atoms. The minimum absolute atomic E-state index is 0.00540. The minimum Gasteiger partial charge on any atom is -0.398 e. The molecular formula is C17H17F4NO. The fourth-order valence-corrected chi connectivity index (χ4v) is 2.28. The predicted octanol–water partition coefficient (Wildman–Crippen LogP) is 4.41. The maximum absolute atomic E-state index is 14.1. The first kappa shape index (κ1) is 17.3. The summed E-state index contributed by atoms with van der Waals surface area (Å²) < 4.78 is 60.0. The highest BCUT2D eigenvalue weighted by molar-refractivity contribution is 5.48. The molecule has 0 bridgehead atoms. The van der Waals surface area contributed by atoms with Crippen LogP contribution in [0.25, 0.3) is 0 Å². The fraction of sp³-hybridized carbons (Fsp3) is 0.294. The molecule has 0 aliphatic rings. The maximum Gasteiger partial charge on any atom is 0.195 e. The smallest absolute Gasteiger partial charge is 0.195 e. The van der Waals surface area contributed by atoms with Crippen LogP contribution in [0.15, 0.2) is 18.2 Å². The predicted molar refractivity (Wildman–Crippen MR) is 79.7 cm³/mol. The van der Waals surface area contributed by atoms with Crippen molar-refractivity contribution in [1.29, 1.82) is 0 Å². The van der Waals surface area contributed by atoms with Crippen LogP contribution in [0.2, 0.25) is 0 Å². The number of rotatable bonds is 5. The standard InChI is InChI=1S/C17H17F4NO/c1-3-11-14(18)12(16(20)17(21)15(11)19)8-23-7-10-5-4-9(2)6-13(10)22/h4-6H,3,7-8,22H2,1-2H3. The van der Waals surface area contributed by atoms with Crippen molar-refractivity contribution in [3.8, 4) is 0 Å². The van der Waals surface area contributed by atoms with E-state index >= 15 is 0 Å². The van der Waals surface area contributed by atoms with Gasteiger partial charge in [-0.15, -0.1) is 0 Å². The van der Waals surface area contributed by atoms with E-state index < -0.39 is 41.0 Å². The van der Waals surface area contributed by atoms with Gasteiger partial charge >= 0.3 is 0 Å².